The second kappa shape index (κ2) is 5.07. The van der Waals surface area contributed by atoms with Crippen LogP contribution in [0, 0.1) is 9.39 Å². The van der Waals surface area contributed by atoms with E-state index in [4.69, 9.17) is 16.3 Å². The van der Waals surface area contributed by atoms with Crippen molar-refractivity contribution in [2.45, 2.75) is 6.10 Å². The summed E-state index contributed by atoms with van der Waals surface area (Å²) in [6, 6.07) is 2.64. The third-order valence-corrected chi connectivity index (χ3v) is 3.85. The number of hydrogen-bond acceptors (Lipinski definition) is 2. The molecule has 3 nitrogen and oxygen atoms in total. The van der Waals surface area contributed by atoms with Crippen LogP contribution in [0.3, 0.4) is 0 Å². The summed E-state index contributed by atoms with van der Waals surface area (Å²) in [6.07, 6.45) is 0.0947. The highest BCUT2D eigenvalue weighted by atomic mass is 127. The van der Waals surface area contributed by atoms with Crippen molar-refractivity contribution < 1.29 is 13.9 Å². The molecular weight excluding hydrogens is 359 g/mol. The SMILES string of the molecule is COC1CN(C(=O)c2cc(I)c(F)cc2Cl)C1. The zero-order valence-corrected chi connectivity index (χ0v) is 12.0. The van der Waals surface area contributed by atoms with Crippen LogP contribution in [0.5, 0.6) is 0 Å². The normalized spacial score (nSPS) is 15.9. The van der Waals surface area contributed by atoms with Crippen LogP contribution in [-0.2, 0) is 4.74 Å². The number of halogens is 3. The smallest absolute Gasteiger partial charge is 0.255 e. The molecule has 1 amide bonds. The molecule has 0 spiro atoms. The molecule has 2 rings (SSSR count). The van der Waals surface area contributed by atoms with Crippen molar-refractivity contribution in [1.29, 1.82) is 0 Å². The minimum Gasteiger partial charge on any atom is -0.378 e. The summed E-state index contributed by atoms with van der Waals surface area (Å²) in [6.45, 7) is 1.11. The highest BCUT2D eigenvalue weighted by molar-refractivity contribution is 14.1. The molecule has 1 aromatic carbocycles. The Labute approximate surface area is 117 Å². The van der Waals surface area contributed by atoms with E-state index in [1.165, 1.54) is 12.1 Å². The largest absolute Gasteiger partial charge is 0.378 e. The first-order valence-corrected chi connectivity index (χ1v) is 6.45. The maximum absolute atomic E-state index is 13.2. The predicted molar refractivity (Wildman–Crippen MR) is 70.8 cm³/mol. The van der Waals surface area contributed by atoms with Crippen LogP contribution in [0.4, 0.5) is 4.39 Å². The molecule has 0 aliphatic carbocycles. The molecule has 1 aliphatic heterocycles. The molecule has 0 N–H and O–H groups in total. The van der Waals surface area contributed by atoms with Crippen molar-refractivity contribution >= 4 is 40.1 Å². The maximum Gasteiger partial charge on any atom is 0.255 e. The van der Waals surface area contributed by atoms with Gasteiger partial charge in [0.05, 0.1) is 16.7 Å². The summed E-state index contributed by atoms with van der Waals surface area (Å²) < 4.78 is 18.7. The number of nitrogens with zero attached hydrogens (tertiary/aromatic N) is 1. The first kappa shape index (κ1) is 13.0. The van der Waals surface area contributed by atoms with Gasteiger partial charge in [0.1, 0.15) is 5.82 Å². The predicted octanol–water partition coefficient (Wildman–Crippen LogP) is 2.55. The van der Waals surface area contributed by atoms with Crippen molar-refractivity contribution in [3.8, 4) is 0 Å². The van der Waals surface area contributed by atoms with E-state index in [1.54, 1.807) is 12.0 Å². The van der Waals surface area contributed by atoms with Gasteiger partial charge in [-0.3, -0.25) is 4.79 Å². The van der Waals surface area contributed by atoms with Crippen LogP contribution in [0.2, 0.25) is 5.02 Å². The van der Waals surface area contributed by atoms with Crippen molar-refractivity contribution in [1.82, 2.24) is 4.90 Å². The van der Waals surface area contributed by atoms with Crippen LogP contribution in [0.25, 0.3) is 0 Å². The third kappa shape index (κ3) is 2.56. The molecular formula is C11H10ClFINO2. The van der Waals surface area contributed by atoms with Gasteiger partial charge in [-0.15, -0.1) is 0 Å². The van der Waals surface area contributed by atoms with Crippen LogP contribution >= 0.6 is 34.2 Å². The molecule has 6 heteroatoms. The zero-order valence-electron chi connectivity index (χ0n) is 9.04. The van der Waals surface area contributed by atoms with Crippen LogP contribution in [-0.4, -0.2) is 37.1 Å². The Hall–Kier alpha value is -0.400. The Morgan fingerprint density at radius 3 is 2.82 bits per heavy atom. The number of methoxy groups -OCH3 is 1. The fourth-order valence-corrected chi connectivity index (χ4v) is 2.31. The number of ether oxygens (including phenoxy) is 1. The topological polar surface area (TPSA) is 29.5 Å². The molecule has 92 valence electrons. The fraction of sp³-hybridized carbons (Fsp3) is 0.364. The summed E-state index contributed by atoms with van der Waals surface area (Å²) >= 11 is 7.71. The highest BCUT2D eigenvalue weighted by Gasteiger charge is 2.32. The molecule has 1 heterocycles. The van der Waals surface area contributed by atoms with Gasteiger partial charge in [-0.2, -0.15) is 0 Å². The van der Waals surface area contributed by atoms with E-state index in [0.29, 0.717) is 22.2 Å². The molecule has 0 radical (unpaired) electrons. The zero-order chi connectivity index (χ0) is 12.6. The Kier molecular flexibility index (Phi) is 3.89. The van der Waals surface area contributed by atoms with Crippen LogP contribution in [0.15, 0.2) is 12.1 Å². The highest BCUT2D eigenvalue weighted by Crippen LogP contribution is 2.25. The van der Waals surface area contributed by atoms with Crippen molar-refractivity contribution in [2.24, 2.45) is 0 Å². The third-order valence-electron chi connectivity index (χ3n) is 2.71. The van der Waals surface area contributed by atoms with E-state index in [2.05, 4.69) is 0 Å². The lowest BCUT2D eigenvalue weighted by molar-refractivity contribution is -0.0191. The van der Waals surface area contributed by atoms with Crippen molar-refractivity contribution in [3.05, 3.63) is 32.1 Å². The number of hydrogen-bond donors (Lipinski definition) is 0. The molecule has 0 bridgehead atoms. The van der Waals surface area contributed by atoms with E-state index < -0.39 is 5.82 Å². The molecule has 1 aliphatic rings. The maximum atomic E-state index is 13.2. The molecule has 1 aromatic rings. The van der Waals surface area contributed by atoms with E-state index >= 15 is 0 Å². The van der Waals surface area contributed by atoms with Gasteiger partial charge in [0.25, 0.3) is 5.91 Å². The second-order valence-corrected chi connectivity index (χ2v) is 5.38. The quantitative estimate of drug-likeness (QED) is 0.592. The molecule has 1 fully saturated rings. The van der Waals surface area contributed by atoms with Gasteiger partial charge in [0.2, 0.25) is 0 Å². The summed E-state index contributed by atoms with van der Waals surface area (Å²) in [5.41, 5.74) is 0.340. The van der Waals surface area contributed by atoms with Gasteiger partial charge in [0, 0.05) is 23.8 Å². The Bertz CT molecular complexity index is 463. The van der Waals surface area contributed by atoms with Crippen LogP contribution in [0.1, 0.15) is 10.4 Å². The van der Waals surface area contributed by atoms with Gasteiger partial charge >= 0.3 is 0 Å². The van der Waals surface area contributed by atoms with E-state index in [9.17, 15) is 9.18 Å². The number of benzene rings is 1. The lowest BCUT2D eigenvalue weighted by Crippen LogP contribution is -2.54. The number of likely N-dealkylation sites (tertiary alicyclic amines) is 1. The summed E-state index contributed by atoms with van der Waals surface area (Å²) in [5.74, 6) is -0.591. The standard InChI is InChI=1S/C11H10ClFINO2/c1-17-6-4-15(5-6)11(16)7-2-10(14)9(13)3-8(7)12/h2-3,6H,4-5H2,1H3. The number of amides is 1. The Balaban J connectivity index is 2.18. The van der Waals surface area contributed by atoms with Gasteiger partial charge in [0.15, 0.2) is 0 Å². The molecule has 0 saturated carbocycles. The minimum atomic E-state index is -0.412. The van der Waals surface area contributed by atoms with E-state index in [0.717, 1.165) is 0 Å². The molecule has 1 saturated heterocycles. The van der Waals surface area contributed by atoms with Crippen LogP contribution < -0.4 is 0 Å². The lowest BCUT2D eigenvalue weighted by atomic mass is 10.1. The fourth-order valence-electron chi connectivity index (χ4n) is 1.61. The number of carbonyl (C=O) groups excluding carboxylic acids is 1. The Morgan fingerprint density at radius 1 is 1.59 bits per heavy atom. The molecule has 0 aromatic heterocycles. The van der Waals surface area contributed by atoms with Gasteiger partial charge in [-0.1, -0.05) is 11.6 Å². The van der Waals surface area contributed by atoms with Gasteiger partial charge in [-0.25, -0.2) is 4.39 Å². The summed E-state index contributed by atoms with van der Waals surface area (Å²) in [4.78, 5) is 13.7. The summed E-state index contributed by atoms with van der Waals surface area (Å²) in [7, 11) is 1.61. The summed E-state index contributed by atoms with van der Waals surface area (Å²) in [5, 5.41) is 0.147. The monoisotopic (exact) mass is 369 g/mol. The van der Waals surface area contributed by atoms with E-state index in [1.807, 2.05) is 22.6 Å². The number of carbonyl (C=O) groups is 1. The van der Waals surface area contributed by atoms with E-state index in [-0.39, 0.29) is 17.0 Å². The first-order chi connectivity index (χ1) is 8.02. The lowest BCUT2D eigenvalue weighted by Gasteiger charge is -2.38. The Morgan fingerprint density at radius 2 is 2.24 bits per heavy atom. The minimum absolute atomic E-state index is 0.0947. The second-order valence-electron chi connectivity index (χ2n) is 3.81. The van der Waals surface area contributed by atoms with Crippen molar-refractivity contribution in [3.63, 3.8) is 0 Å². The van der Waals surface area contributed by atoms with Gasteiger partial charge in [-0.05, 0) is 34.7 Å². The van der Waals surface area contributed by atoms with Gasteiger partial charge < -0.3 is 9.64 Å². The number of rotatable bonds is 2. The molecule has 0 unspecified atom stereocenters. The molecule has 0 atom stereocenters. The average Bonchev–Trinajstić information content (AvgIpc) is 2.21. The van der Waals surface area contributed by atoms with Crippen molar-refractivity contribution in [2.75, 3.05) is 20.2 Å². The molecule has 17 heavy (non-hydrogen) atoms. The average molecular weight is 370 g/mol. The first-order valence-electron chi connectivity index (χ1n) is 4.99.